The fourth-order valence-electron chi connectivity index (χ4n) is 0.549. The van der Waals surface area contributed by atoms with E-state index in [0.717, 1.165) is 0 Å². The molecule has 64 valence electrons. The van der Waals surface area contributed by atoms with Crippen LogP contribution in [0, 0.1) is 22.7 Å². The predicted molar refractivity (Wildman–Crippen MR) is 54.8 cm³/mol. The molecule has 0 unspecified atom stereocenters. The van der Waals surface area contributed by atoms with Crippen LogP contribution in [-0.2, 0) is 0 Å². The van der Waals surface area contributed by atoms with E-state index in [1.54, 1.807) is 17.4 Å². The lowest BCUT2D eigenvalue weighted by atomic mass is 10.4. The van der Waals surface area contributed by atoms with E-state index >= 15 is 0 Å². The van der Waals surface area contributed by atoms with Crippen LogP contribution in [0.2, 0.25) is 0 Å². The van der Waals surface area contributed by atoms with E-state index in [9.17, 15) is 0 Å². The van der Waals surface area contributed by atoms with E-state index in [1.807, 2.05) is 18.2 Å². The van der Waals surface area contributed by atoms with E-state index < -0.39 is 0 Å². The van der Waals surface area contributed by atoms with Crippen molar-refractivity contribution in [3.8, 4) is 12.1 Å². The largest absolute Gasteiger partial charge is 0.181 e. The van der Waals surface area contributed by atoms with Gasteiger partial charge in [-0.05, 0) is 17.5 Å². The normalized spacial score (nSPS) is 7.85. The highest BCUT2D eigenvalue weighted by atomic mass is 32.1. The molecule has 1 aromatic rings. The van der Waals surface area contributed by atoms with Crippen molar-refractivity contribution in [2.24, 2.45) is 0 Å². The first kappa shape index (κ1) is 11.2. The molecular weight excluding hydrogens is 180 g/mol. The Kier molecular flexibility index (Phi) is 7.09. The molecule has 1 rings (SSSR count). The highest BCUT2D eigenvalue weighted by Crippen LogP contribution is 2.09. The lowest BCUT2D eigenvalue weighted by Crippen LogP contribution is -1.51. The van der Waals surface area contributed by atoms with Crippen molar-refractivity contribution in [2.45, 2.75) is 0 Å². The molecule has 13 heavy (non-hydrogen) atoms. The Morgan fingerprint density at radius 1 is 1.38 bits per heavy atom. The number of hydrogen-bond acceptors (Lipinski definition) is 3. The Morgan fingerprint density at radius 2 is 2.08 bits per heavy atom. The number of thiophene rings is 1. The van der Waals surface area contributed by atoms with Crippen molar-refractivity contribution in [1.82, 2.24) is 0 Å². The minimum atomic E-state index is 1.24. The summed E-state index contributed by atoms with van der Waals surface area (Å²) in [7, 11) is 0. The molecule has 0 spiro atoms. The Hall–Kier alpha value is -1.84. The van der Waals surface area contributed by atoms with Crippen LogP contribution in [0.15, 0.2) is 36.2 Å². The lowest BCUT2D eigenvalue weighted by Gasteiger charge is -1.76. The summed E-state index contributed by atoms with van der Waals surface area (Å²) in [6.07, 6.45) is 5.75. The highest BCUT2D eigenvalue weighted by molar-refractivity contribution is 7.10. The van der Waals surface area contributed by atoms with Gasteiger partial charge >= 0.3 is 0 Å². The van der Waals surface area contributed by atoms with Gasteiger partial charge in [-0.1, -0.05) is 24.8 Å². The number of hydrogen-bond donors (Lipinski definition) is 0. The van der Waals surface area contributed by atoms with Gasteiger partial charge in [-0.15, -0.1) is 11.3 Å². The van der Waals surface area contributed by atoms with Crippen LogP contribution in [-0.4, -0.2) is 0 Å². The third-order valence-electron chi connectivity index (χ3n) is 0.990. The van der Waals surface area contributed by atoms with Crippen molar-refractivity contribution in [3.05, 3.63) is 41.1 Å². The molecule has 0 saturated heterocycles. The number of allylic oxidation sites excluding steroid dienone is 2. The summed E-state index contributed by atoms with van der Waals surface area (Å²) in [5.41, 5.74) is 0. The predicted octanol–water partition coefficient (Wildman–Crippen LogP) is 2.98. The van der Waals surface area contributed by atoms with Crippen LogP contribution in [0.25, 0.3) is 6.08 Å². The van der Waals surface area contributed by atoms with Crippen LogP contribution < -0.4 is 0 Å². The van der Waals surface area contributed by atoms with Gasteiger partial charge in [-0.3, -0.25) is 0 Å². The first-order valence-corrected chi connectivity index (χ1v) is 4.34. The monoisotopic (exact) mass is 188 g/mol. The maximum absolute atomic E-state index is 7.26. The Balaban J connectivity index is 0.000000310. The van der Waals surface area contributed by atoms with Crippen LogP contribution in [0.1, 0.15) is 4.88 Å². The quantitative estimate of drug-likeness (QED) is 0.670. The number of nitrogens with zero attached hydrogens (tertiary/aromatic N) is 2. The third-order valence-corrected chi connectivity index (χ3v) is 1.83. The second kappa shape index (κ2) is 8.26. The molecular formula is C10H8N2S. The van der Waals surface area contributed by atoms with E-state index in [1.165, 1.54) is 17.0 Å². The van der Waals surface area contributed by atoms with Crippen molar-refractivity contribution in [2.75, 3.05) is 0 Å². The van der Waals surface area contributed by atoms with Gasteiger partial charge in [0.1, 0.15) is 0 Å². The third kappa shape index (κ3) is 6.55. The van der Waals surface area contributed by atoms with E-state index in [-0.39, 0.29) is 0 Å². The van der Waals surface area contributed by atoms with E-state index in [2.05, 4.69) is 18.0 Å². The molecule has 1 heterocycles. The highest BCUT2D eigenvalue weighted by Gasteiger charge is 1.80. The fraction of sp³-hybridized carbons (Fsp3) is 0. The Morgan fingerprint density at radius 3 is 2.46 bits per heavy atom. The average Bonchev–Trinajstić information content (AvgIpc) is 2.67. The number of rotatable bonds is 2. The van der Waals surface area contributed by atoms with Crippen LogP contribution >= 0.6 is 11.3 Å². The smallest absolute Gasteiger partial charge is 0.181 e. The zero-order valence-electron chi connectivity index (χ0n) is 6.97. The molecule has 0 amide bonds. The molecule has 0 bridgehead atoms. The maximum Gasteiger partial charge on any atom is 0.181 e. The van der Waals surface area contributed by atoms with Gasteiger partial charge in [-0.25, -0.2) is 0 Å². The molecule has 0 aliphatic carbocycles. The van der Waals surface area contributed by atoms with Gasteiger partial charge in [0.25, 0.3) is 0 Å². The second-order valence-corrected chi connectivity index (χ2v) is 2.81. The van der Waals surface area contributed by atoms with E-state index in [0.29, 0.717) is 0 Å². The van der Waals surface area contributed by atoms with Crippen molar-refractivity contribution in [1.29, 1.82) is 10.5 Å². The Bertz CT molecular complexity index is 324. The van der Waals surface area contributed by atoms with Gasteiger partial charge in [0.2, 0.25) is 0 Å². The minimum Gasteiger partial charge on any atom is -0.181 e. The van der Waals surface area contributed by atoms with Crippen molar-refractivity contribution < 1.29 is 0 Å². The summed E-state index contributed by atoms with van der Waals surface area (Å²) in [5, 5.41) is 16.6. The molecule has 1 aromatic heterocycles. The summed E-state index contributed by atoms with van der Waals surface area (Å²) >= 11 is 1.73. The van der Waals surface area contributed by atoms with Gasteiger partial charge in [-0.2, -0.15) is 10.5 Å². The zero-order chi connectivity index (χ0) is 9.94. The first-order chi connectivity index (χ1) is 6.35. The van der Waals surface area contributed by atoms with Crippen LogP contribution in [0.4, 0.5) is 0 Å². The van der Waals surface area contributed by atoms with Crippen molar-refractivity contribution >= 4 is 17.4 Å². The molecule has 2 nitrogen and oxygen atoms in total. The molecule has 0 radical (unpaired) electrons. The fourth-order valence-corrected chi connectivity index (χ4v) is 1.18. The molecule has 0 atom stereocenters. The summed E-state index contributed by atoms with van der Waals surface area (Å²) in [6, 6.07) is 6.58. The second-order valence-electron chi connectivity index (χ2n) is 1.83. The molecule has 0 aromatic carbocycles. The summed E-state index contributed by atoms with van der Waals surface area (Å²) < 4.78 is 0. The van der Waals surface area contributed by atoms with Crippen LogP contribution in [0.3, 0.4) is 0 Å². The summed E-state index contributed by atoms with van der Waals surface area (Å²) in [4.78, 5) is 1.27. The molecule has 0 fully saturated rings. The molecule has 0 aliphatic rings. The summed E-state index contributed by atoms with van der Waals surface area (Å²) in [6.45, 7) is 3.58. The summed E-state index contributed by atoms with van der Waals surface area (Å²) in [5.74, 6) is 0. The topological polar surface area (TPSA) is 47.6 Å². The lowest BCUT2D eigenvalue weighted by molar-refractivity contribution is 1.49. The minimum absolute atomic E-state index is 1.24. The molecule has 3 heteroatoms. The van der Waals surface area contributed by atoms with Crippen molar-refractivity contribution in [3.63, 3.8) is 0 Å². The zero-order valence-corrected chi connectivity index (χ0v) is 7.79. The van der Waals surface area contributed by atoms with Gasteiger partial charge < -0.3 is 0 Å². The van der Waals surface area contributed by atoms with Gasteiger partial charge in [0.15, 0.2) is 12.1 Å². The maximum atomic E-state index is 7.26. The molecule has 0 aliphatic heterocycles. The first-order valence-electron chi connectivity index (χ1n) is 3.46. The molecule has 0 N–H and O–H groups in total. The van der Waals surface area contributed by atoms with Gasteiger partial charge in [0.05, 0.1) is 0 Å². The van der Waals surface area contributed by atoms with Gasteiger partial charge in [0, 0.05) is 4.88 Å². The molecule has 0 saturated carbocycles. The standard InChI is InChI=1S/C8H8S.C2N2/c1-2-3-5-8-6-4-7-9-8;3-1-2-4/h2-7H,1H2;. The Labute approximate surface area is 81.7 Å². The van der Waals surface area contributed by atoms with Crippen LogP contribution in [0.5, 0.6) is 0 Å². The number of nitriles is 2. The van der Waals surface area contributed by atoms with E-state index in [4.69, 9.17) is 10.5 Å². The average molecular weight is 188 g/mol. The SMILES string of the molecule is C=CC=Cc1cccs1.N#CC#N.